The van der Waals surface area contributed by atoms with Crippen LogP contribution in [0.3, 0.4) is 0 Å². The van der Waals surface area contributed by atoms with Crippen LogP contribution >= 0.6 is 11.6 Å². The van der Waals surface area contributed by atoms with E-state index in [1.807, 2.05) is 6.92 Å². The molecule has 0 saturated carbocycles. The van der Waals surface area contributed by atoms with Crippen LogP contribution in [-0.2, 0) is 6.42 Å². The summed E-state index contributed by atoms with van der Waals surface area (Å²) in [5.41, 5.74) is 6.43. The molecule has 1 unspecified atom stereocenters. The van der Waals surface area contributed by atoms with E-state index in [1.165, 1.54) is 0 Å². The van der Waals surface area contributed by atoms with E-state index in [0.29, 0.717) is 28.9 Å². The van der Waals surface area contributed by atoms with Gasteiger partial charge in [0.15, 0.2) is 5.82 Å². The van der Waals surface area contributed by atoms with Gasteiger partial charge in [0, 0.05) is 18.7 Å². The summed E-state index contributed by atoms with van der Waals surface area (Å²) in [6.07, 6.45) is 3.02. The molecular weight excluding hydrogens is 240 g/mol. The molecule has 0 bridgehead atoms. The highest BCUT2D eigenvalue weighted by Gasteiger charge is 2.12. The van der Waals surface area contributed by atoms with Gasteiger partial charge in [0.25, 0.3) is 5.89 Å². The van der Waals surface area contributed by atoms with Crippen LogP contribution < -0.4 is 5.73 Å². The Morgan fingerprint density at radius 2 is 2.29 bits per heavy atom. The van der Waals surface area contributed by atoms with Gasteiger partial charge in [-0.1, -0.05) is 23.7 Å². The Morgan fingerprint density at radius 3 is 2.94 bits per heavy atom. The summed E-state index contributed by atoms with van der Waals surface area (Å²) in [4.78, 5) is 8.34. The lowest BCUT2D eigenvalue weighted by atomic mass is 10.2. The number of hydrogen-bond acceptors (Lipinski definition) is 5. The van der Waals surface area contributed by atoms with Gasteiger partial charge >= 0.3 is 0 Å². The molecule has 0 fully saturated rings. The molecule has 17 heavy (non-hydrogen) atoms. The Morgan fingerprint density at radius 1 is 1.47 bits per heavy atom. The molecule has 2 aromatic rings. The Hall–Kier alpha value is -1.46. The molecule has 0 aliphatic rings. The van der Waals surface area contributed by atoms with Crippen LogP contribution in [0.25, 0.3) is 11.6 Å². The van der Waals surface area contributed by atoms with E-state index in [9.17, 15) is 0 Å². The molecule has 2 N–H and O–H groups in total. The molecule has 90 valence electrons. The van der Waals surface area contributed by atoms with Crippen molar-refractivity contribution in [2.45, 2.75) is 25.8 Å². The first-order valence-electron chi connectivity index (χ1n) is 5.39. The van der Waals surface area contributed by atoms with Gasteiger partial charge in [-0.2, -0.15) is 4.98 Å². The van der Waals surface area contributed by atoms with Crippen LogP contribution in [0.1, 0.15) is 19.2 Å². The van der Waals surface area contributed by atoms with Crippen molar-refractivity contribution >= 4 is 11.6 Å². The molecule has 0 saturated heterocycles. The summed E-state index contributed by atoms with van der Waals surface area (Å²) in [5, 5.41) is 4.43. The van der Waals surface area contributed by atoms with Gasteiger partial charge in [-0.05, 0) is 18.6 Å². The molecule has 0 aliphatic heterocycles. The van der Waals surface area contributed by atoms with Crippen LogP contribution in [0, 0.1) is 0 Å². The smallest absolute Gasteiger partial charge is 0.276 e. The maximum Gasteiger partial charge on any atom is 0.276 e. The molecule has 0 aromatic carbocycles. The minimum Gasteiger partial charge on any atom is -0.332 e. The summed E-state index contributed by atoms with van der Waals surface area (Å²) < 4.78 is 5.11. The molecule has 1 atom stereocenters. The number of halogens is 1. The highest BCUT2D eigenvalue weighted by Crippen LogP contribution is 2.16. The molecular formula is C11H13ClN4O. The van der Waals surface area contributed by atoms with E-state index in [2.05, 4.69) is 15.1 Å². The molecule has 0 amide bonds. The number of rotatable bonds is 4. The van der Waals surface area contributed by atoms with Crippen LogP contribution in [0.4, 0.5) is 0 Å². The molecule has 6 heteroatoms. The summed E-state index contributed by atoms with van der Waals surface area (Å²) in [7, 11) is 0. The highest BCUT2D eigenvalue weighted by atomic mass is 35.5. The lowest BCUT2D eigenvalue weighted by Gasteiger charge is -2.02. The maximum absolute atomic E-state index is 5.82. The average Bonchev–Trinajstić information content (AvgIpc) is 2.78. The highest BCUT2D eigenvalue weighted by molar-refractivity contribution is 6.30. The van der Waals surface area contributed by atoms with Gasteiger partial charge in [-0.15, -0.1) is 0 Å². The first-order chi connectivity index (χ1) is 8.19. The van der Waals surface area contributed by atoms with E-state index in [4.69, 9.17) is 21.9 Å². The molecule has 0 radical (unpaired) electrons. The minimum atomic E-state index is 0.0543. The minimum absolute atomic E-state index is 0.0543. The third-order valence-electron chi connectivity index (χ3n) is 2.38. The van der Waals surface area contributed by atoms with Crippen molar-refractivity contribution in [2.24, 2.45) is 5.73 Å². The van der Waals surface area contributed by atoms with E-state index in [1.54, 1.807) is 18.3 Å². The number of aromatic nitrogens is 3. The fraction of sp³-hybridized carbons (Fsp3) is 0.364. The van der Waals surface area contributed by atoms with E-state index >= 15 is 0 Å². The predicted molar refractivity (Wildman–Crippen MR) is 64.5 cm³/mol. The fourth-order valence-corrected chi connectivity index (χ4v) is 1.43. The number of nitrogens with zero attached hydrogens (tertiary/aromatic N) is 3. The van der Waals surface area contributed by atoms with Gasteiger partial charge < -0.3 is 10.3 Å². The normalized spacial score (nSPS) is 12.6. The summed E-state index contributed by atoms with van der Waals surface area (Å²) in [5.74, 6) is 0.992. The van der Waals surface area contributed by atoms with E-state index in [-0.39, 0.29) is 6.04 Å². The first kappa shape index (κ1) is 12.0. The Bertz CT molecular complexity index is 482. The predicted octanol–water partition coefficient (Wildman–Crippen LogP) is 2.06. The number of hydrogen-bond donors (Lipinski definition) is 1. The third kappa shape index (κ3) is 3.01. The van der Waals surface area contributed by atoms with E-state index < -0.39 is 0 Å². The number of pyridine rings is 1. The van der Waals surface area contributed by atoms with Crippen LogP contribution in [0.5, 0.6) is 0 Å². The van der Waals surface area contributed by atoms with Crippen LogP contribution in [-0.4, -0.2) is 21.2 Å². The van der Waals surface area contributed by atoms with Crippen LogP contribution in [0.15, 0.2) is 22.9 Å². The van der Waals surface area contributed by atoms with Gasteiger partial charge in [0.05, 0.1) is 5.02 Å². The molecule has 2 aromatic heterocycles. The third-order valence-corrected chi connectivity index (χ3v) is 2.61. The number of nitrogens with two attached hydrogens (primary N) is 1. The van der Waals surface area contributed by atoms with Crippen molar-refractivity contribution in [1.29, 1.82) is 0 Å². The largest absolute Gasteiger partial charge is 0.332 e. The van der Waals surface area contributed by atoms with Crippen molar-refractivity contribution in [3.63, 3.8) is 0 Å². The van der Waals surface area contributed by atoms with E-state index in [0.717, 1.165) is 6.42 Å². The second-order valence-corrected chi connectivity index (χ2v) is 4.19. The maximum atomic E-state index is 5.82. The second-order valence-electron chi connectivity index (χ2n) is 3.75. The Balaban J connectivity index is 2.15. The van der Waals surface area contributed by atoms with Crippen molar-refractivity contribution in [2.75, 3.05) is 0 Å². The topological polar surface area (TPSA) is 77.8 Å². The summed E-state index contributed by atoms with van der Waals surface area (Å²) >= 11 is 5.75. The second kappa shape index (κ2) is 5.25. The molecule has 0 spiro atoms. The quantitative estimate of drug-likeness (QED) is 0.901. The molecule has 2 rings (SSSR count). The monoisotopic (exact) mass is 252 g/mol. The molecule has 2 heterocycles. The zero-order valence-electron chi connectivity index (χ0n) is 9.43. The first-order valence-corrected chi connectivity index (χ1v) is 5.77. The van der Waals surface area contributed by atoms with Gasteiger partial charge in [-0.3, -0.25) is 0 Å². The Labute approximate surface area is 104 Å². The Kier molecular flexibility index (Phi) is 3.71. The SMILES string of the molecule is CCC(N)Cc1noc(-c2ccc(Cl)cn2)n1. The fourth-order valence-electron chi connectivity index (χ4n) is 1.32. The standard InChI is InChI=1S/C11H13ClN4O/c1-2-8(13)5-10-15-11(17-16-10)9-4-3-7(12)6-14-9/h3-4,6,8H,2,5,13H2,1H3. The summed E-state index contributed by atoms with van der Waals surface area (Å²) in [6, 6.07) is 3.52. The van der Waals surface area contributed by atoms with Gasteiger partial charge in [-0.25, -0.2) is 4.98 Å². The van der Waals surface area contributed by atoms with Gasteiger partial charge in [0.2, 0.25) is 0 Å². The van der Waals surface area contributed by atoms with Gasteiger partial charge in [0.1, 0.15) is 5.69 Å². The van der Waals surface area contributed by atoms with Crippen molar-refractivity contribution in [1.82, 2.24) is 15.1 Å². The zero-order chi connectivity index (χ0) is 12.3. The lowest BCUT2D eigenvalue weighted by molar-refractivity contribution is 0.418. The summed E-state index contributed by atoms with van der Waals surface area (Å²) in [6.45, 7) is 2.02. The molecule has 0 aliphatic carbocycles. The zero-order valence-corrected chi connectivity index (χ0v) is 10.2. The molecule has 5 nitrogen and oxygen atoms in total. The average molecular weight is 253 g/mol. The van der Waals surface area contributed by atoms with Crippen molar-refractivity contribution in [3.8, 4) is 11.6 Å². The van der Waals surface area contributed by atoms with Crippen molar-refractivity contribution in [3.05, 3.63) is 29.2 Å². The van der Waals surface area contributed by atoms with Crippen LogP contribution in [0.2, 0.25) is 5.02 Å². The van der Waals surface area contributed by atoms with Crippen molar-refractivity contribution < 1.29 is 4.52 Å². The lowest BCUT2D eigenvalue weighted by Crippen LogP contribution is -2.21.